The molecule has 88 valence electrons. The van der Waals surface area contributed by atoms with E-state index in [4.69, 9.17) is 0 Å². The average Bonchev–Trinajstić information content (AvgIpc) is 2.29. The third-order valence-electron chi connectivity index (χ3n) is 3.80. The van der Waals surface area contributed by atoms with Gasteiger partial charge in [0, 0.05) is 6.04 Å². The predicted molar refractivity (Wildman–Crippen MR) is 69.8 cm³/mol. The van der Waals surface area contributed by atoms with Crippen LogP contribution >= 0.6 is 0 Å². The zero-order chi connectivity index (χ0) is 11.5. The van der Waals surface area contributed by atoms with Crippen LogP contribution in [0.5, 0.6) is 0 Å². The lowest BCUT2D eigenvalue weighted by Gasteiger charge is -2.36. The number of nitrogens with zero attached hydrogens (tertiary/aromatic N) is 1. The Kier molecular flexibility index (Phi) is 3.65. The minimum atomic E-state index is 0.666. The second kappa shape index (κ2) is 5.01. The fraction of sp³-hybridized carbons (Fsp3) is 0.600. The molecule has 0 unspecified atom stereocenters. The van der Waals surface area contributed by atoms with Gasteiger partial charge in [-0.3, -0.25) is 4.90 Å². The summed E-state index contributed by atoms with van der Waals surface area (Å²) in [6, 6.07) is 7.57. The van der Waals surface area contributed by atoms with Gasteiger partial charge in [-0.25, -0.2) is 0 Å². The molecular formula is C15H23N. The van der Waals surface area contributed by atoms with E-state index in [9.17, 15) is 0 Å². The first kappa shape index (κ1) is 11.7. The standard InChI is InChI=1S/C15H23N/c1-4-16-10-6-5-7-15(16)14-9-8-12(2)11-13(14)3/h8-9,11,15H,4-7,10H2,1-3H3/t15-/m1/s1. The maximum absolute atomic E-state index is 2.63. The highest BCUT2D eigenvalue weighted by Gasteiger charge is 2.23. The van der Waals surface area contributed by atoms with Crippen LogP contribution < -0.4 is 0 Å². The summed E-state index contributed by atoms with van der Waals surface area (Å²) < 4.78 is 0. The van der Waals surface area contributed by atoms with Gasteiger partial charge in [0.1, 0.15) is 0 Å². The Morgan fingerprint density at radius 3 is 2.75 bits per heavy atom. The lowest BCUT2D eigenvalue weighted by atomic mass is 9.91. The van der Waals surface area contributed by atoms with Gasteiger partial charge in [0.15, 0.2) is 0 Å². The molecule has 0 radical (unpaired) electrons. The van der Waals surface area contributed by atoms with Gasteiger partial charge in [0.05, 0.1) is 0 Å². The lowest BCUT2D eigenvalue weighted by molar-refractivity contribution is 0.156. The summed E-state index contributed by atoms with van der Waals surface area (Å²) >= 11 is 0. The van der Waals surface area contributed by atoms with Crippen LogP contribution in [0.2, 0.25) is 0 Å². The molecule has 1 aliphatic rings. The molecule has 0 aromatic heterocycles. The molecule has 1 heterocycles. The Morgan fingerprint density at radius 1 is 1.25 bits per heavy atom. The third-order valence-corrected chi connectivity index (χ3v) is 3.80. The number of aryl methyl sites for hydroxylation is 2. The van der Waals surface area contributed by atoms with Crippen molar-refractivity contribution in [1.82, 2.24) is 4.90 Å². The third kappa shape index (κ3) is 2.30. The number of rotatable bonds is 2. The largest absolute Gasteiger partial charge is 0.297 e. The molecule has 1 fully saturated rings. The second-order valence-corrected chi connectivity index (χ2v) is 5.00. The Bertz CT molecular complexity index is 356. The van der Waals surface area contributed by atoms with E-state index in [2.05, 4.69) is 43.9 Å². The van der Waals surface area contributed by atoms with Crippen molar-refractivity contribution in [3.05, 3.63) is 34.9 Å². The Hall–Kier alpha value is -0.820. The molecule has 1 aromatic rings. The van der Waals surface area contributed by atoms with Crippen molar-refractivity contribution in [1.29, 1.82) is 0 Å². The first-order chi connectivity index (χ1) is 7.72. The van der Waals surface area contributed by atoms with E-state index in [1.807, 2.05) is 0 Å². The van der Waals surface area contributed by atoms with E-state index >= 15 is 0 Å². The van der Waals surface area contributed by atoms with E-state index in [0.717, 1.165) is 0 Å². The fourth-order valence-electron chi connectivity index (χ4n) is 2.92. The molecule has 16 heavy (non-hydrogen) atoms. The number of likely N-dealkylation sites (tertiary alicyclic amines) is 1. The van der Waals surface area contributed by atoms with Crippen LogP contribution in [0.4, 0.5) is 0 Å². The van der Waals surface area contributed by atoms with Crippen molar-refractivity contribution in [2.24, 2.45) is 0 Å². The molecule has 1 heteroatoms. The van der Waals surface area contributed by atoms with Crippen LogP contribution in [-0.4, -0.2) is 18.0 Å². The average molecular weight is 217 g/mol. The van der Waals surface area contributed by atoms with Crippen molar-refractivity contribution in [2.45, 2.75) is 46.1 Å². The van der Waals surface area contributed by atoms with Crippen LogP contribution in [-0.2, 0) is 0 Å². The molecule has 0 aliphatic carbocycles. The monoisotopic (exact) mass is 217 g/mol. The number of hydrogen-bond acceptors (Lipinski definition) is 1. The SMILES string of the molecule is CCN1CCCC[C@@H]1c1ccc(C)cc1C. The van der Waals surface area contributed by atoms with Crippen molar-refractivity contribution < 1.29 is 0 Å². The van der Waals surface area contributed by atoms with Gasteiger partial charge in [0.25, 0.3) is 0 Å². The van der Waals surface area contributed by atoms with Crippen molar-refractivity contribution in [3.8, 4) is 0 Å². The van der Waals surface area contributed by atoms with Crippen molar-refractivity contribution >= 4 is 0 Å². The first-order valence-electron chi connectivity index (χ1n) is 6.53. The molecule has 0 spiro atoms. The van der Waals surface area contributed by atoms with Gasteiger partial charge in [-0.05, 0) is 50.9 Å². The van der Waals surface area contributed by atoms with Crippen LogP contribution in [0.3, 0.4) is 0 Å². The molecule has 0 N–H and O–H groups in total. The zero-order valence-electron chi connectivity index (χ0n) is 10.8. The maximum Gasteiger partial charge on any atom is 0.0350 e. The van der Waals surface area contributed by atoms with Crippen molar-refractivity contribution in [3.63, 3.8) is 0 Å². The maximum atomic E-state index is 2.63. The van der Waals surface area contributed by atoms with Gasteiger partial charge >= 0.3 is 0 Å². The van der Waals surface area contributed by atoms with Crippen LogP contribution in [0.1, 0.15) is 48.9 Å². The summed E-state index contributed by atoms with van der Waals surface area (Å²) in [6.07, 6.45) is 4.08. The minimum Gasteiger partial charge on any atom is -0.297 e. The molecule has 0 saturated carbocycles. The first-order valence-corrected chi connectivity index (χ1v) is 6.53. The van der Waals surface area contributed by atoms with Gasteiger partial charge < -0.3 is 0 Å². The van der Waals surface area contributed by atoms with E-state index in [1.54, 1.807) is 5.56 Å². The van der Waals surface area contributed by atoms with E-state index < -0.39 is 0 Å². The van der Waals surface area contributed by atoms with Gasteiger partial charge in [-0.15, -0.1) is 0 Å². The van der Waals surface area contributed by atoms with E-state index in [-0.39, 0.29) is 0 Å². The summed E-state index contributed by atoms with van der Waals surface area (Å²) in [4.78, 5) is 2.63. The number of hydrogen-bond donors (Lipinski definition) is 0. The topological polar surface area (TPSA) is 3.24 Å². The van der Waals surface area contributed by atoms with Gasteiger partial charge in [-0.1, -0.05) is 37.1 Å². The Labute approximate surface area is 99.5 Å². The van der Waals surface area contributed by atoms with Crippen LogP contribution in [0, 0.1) is 13.8 Å². The molecule has 0 bridgehead atoms. The number of piperidine rings is 1. The summed E-state index contributed by atoms with van der Waals surface area (Å²) in [5.74, 6) is 0. The highest BCUT2D eigenvalue weighted by molar-refractivity contribution is 5.33. The zero-order valence-corrected chi connectivity index (χ0v) is 10.8. The van der Waals surface area contributed by atoms with E-state index in [0.29, 0.717) is 6.04 Å². The molecule has 1 nitrogen and oxygen atoms in total. The molecule has 2 rings (SSSR count). The molecule has 1 aromatic carbocycles. The predicted octanol–water partition coefficient (Wildman–Crippen LogP) is 3.85. The Balaban J connectivity index is 2.27. The van der Waals surface area contributed by atoms with Gasteiger partial charge in [0.2, 0.25) is 0 Å². The van der Waals surface area contributed by atoms with Crippen LogP contribution in [0.15, 0.2) is 18.2 Å². The quantitative estimate of drug-likeness (QED) is 0.727. The minimum absolute atomic E-state index is 0.666. The summed E-state index contributed by atoms with van der Waals surface area (Å²) in [6.45, 7) is 9.16. The smallest absolute Gasteiger partial charge is 0.0350 e. The summed E-state index contributed by atoms with van der Waals surface area (Å²) in [5.41, 5.74) is 4.39. The normalized spacial score (nSPS) is 22.3. The summed E-state index contributed by atoms with van der Waals surface area (Å²) in [7, 11) is 0. The van der Waals surface area contributed by atoms with Gasteiger partial charge in [-0.2, -0.15) is 0 Å². The molecule has 0 amide bonds. The lowest BCUT2D eigenvalue weighted by Crippen LogP contribution is -2.33. The van der Waals surface area contributed by atoms with Crippen LogP contribution in [0.25, 0.3) is 0 Å². The molecule has 1 atom stereocenters. The molecule has 1 aliphatic heterocycles. The van der Waals surface area contributed by atoms with E-state index in [1.165, 1.54) is 43.5 Å². The molecule has 1 saturated heterocycles. The highest BCUT2D eigenvalue weighted by Crippen LogP contribution is 2.32. The van der Waals surface area contributed by atoms with Crippen molar-refractivity contribution in [2.75, 3.05) is 13.1 Å². The summed E-state index contributed by atoms with van der Waals surface area (Å²) in [5, 5.41) is 0. The second-order valence-electron chi connectivity index (χ2n) is 5.00. The number of benzene rings is 1. The Morgan fingerprint density at radius 2 is 2.06 bits per heavy atom. The molecular weight excluding hydrogens is 194 g/mol. The fourth-order valence-corrected chi connectivity index (χ4v) is 2.92. The highest BCUT2D eigenvalue weighted by atomic mass is 15.2.